The minimum absolute atomic E-state index is 0.0923. The maximum atomic E-state index is 12.5. The number of hydrogen-bond acceptors (Lipinski definition) is 5. The van der Waals surface area contributed by atoms with Gasteiger partial charge in [0.2, 0.25) is 0 Å². The van der Waals surface area contributed by atoms with E-state index in [4.69, 9.17) is 4.42 Å². The second-order valence-electron chi connectivity index (χ2n) is 5.37. The highest BCUT2D eigenvalue weighted by atomic mass is 19.4. The first-order valence-corrected chi connectivity index (χ1v) is 7.07. The number of hydrogen-bond donors (Lipinski definition) is 2. The highest BCUT2D eigenvalue weighted by molar-refractivity contribution is 5.73. The minimum Gasteiger partial charge on any atom is -0.408 e. The predicted molar refractivity (Wildman–Crippen MR) is 78.1 cm³/mol. The smallest absolute Gasteiger partial charge is 0.408 e. The van der Waals surface area contributed by atoms with Crippen molar-refractivity contribution in [2.45, 2.75) is 25.7 Å². The van der Waals surface area contributed by atoms with E-state index >= 15 is 0 Å². The zero-order valence-electron chi connectivity index (χ0n) is 12.8. The topological polar surface area (TPSA) is 88.7 Å². The largest absolute Gasteiger partial charge is 0.453 e. The summed E-state index contributed by atoms with van der Waals surface area (Å²) in [6.45, 7) is 2.03. The van der Waals surface area contributed by atoms with E-state index in [2.05, 4.69) is 20.5 Å². The SMILES string of the molecule is CC(NCc1ccc2c(c1)oc(=O)n2C)c1nc(C(F)(F)F)n[nH]1. The molecule has 1 aromatic carbocycles. The first-order chi connectivity index (χ1) is 11.3. The number of aromatic amines is 1. The van der Waals surface area contributed by atoms with Crippen LogP contribution in [0.2, 0.25) is 0 Å². The molecule has 0 amide bonds. The van der Waals surface area contributed by atoms with Gasteiger partial charge in [0, 0.05) is 13.6 Å². The van der Waals surface area contributed by atoms with Gasteiger partial charge in [-0.2, -0.15) is 13.2 Å². The van der Waals surface area contributed by atoms with Crippen LogP contribution < -0.4 is 11.1 Å². The number of alkyl halides is 3. The van der Waals surface area contributed by atoms with E-state index in [1.165, 1.54) is 4.57 Å². The van der Waals surface area contributed by atoms with Gasteiger partial charge in [-0.3, -0.25) is 9.67 Å². The molecule has 2 aromatic heterocycles. The predicted octanol–water partition coefficient (Wildman–Crippen LogP) is 2.12. The summed E-state index contributed by atoms with van der Waals surface area (Å²) in [6.07, 6.45) is -4.58. The first kappa shape index (κ1) is 16.2. The van der Waals surface area contributed by atoms with Crippen LogP contribution in [0.4, 0.5) is 13.2 Å². The molecule has 0 fully saturated rings. The van der Waals surface area contributed by atoms with Gasteiger partial charge in [0.05, 0.1) is 11.6 Å². The quantitative estimate of drug-likeness (QED) is 0.759. The molecule has 0 saturated heterocycles. The van der Waals surface area contributed by atoms with Crippen LogP contribution in [0.15, 0.2) is 27.4 Å². The molecule has 1 atom stereocenters. The van der Waals surface area contributed by atoms with Crippen molar-refractivity contribution in [3.63, 3.8) is 0 Å². The van der Waals surface area contributed by atoms with Crippen molar-refractivity contribution in [3.8, 4) is 0 Å². The lowest BCUT2D eigenvalue weighted by atomic mass is 10.2. The minimum atomic E-state index is -4.58. The van der Waals surface area contributed by atoms with Crippen LogP contribution in [-0.4, -0.2) is 19.7 Å². The Balaban J connectivity index is 1.71. The van der Waals surface area contributed by atoms with Gasteiger partial charge in [0.15, 0.2) is 5.58 Å². The van der Waals surface area contributed by atoms with Gasteiger partial charge in [-0.15, -0.1) is 5.10 Å². The van der Waals surface area contributed by atoms with E-state index in [-0.39, 0.29) is 5.82 Å². The number of oxazole rings is 1. The summed E-state index contributed by atoms with van der Waals surface area (Å²) in [5.41, 5.74) is 1.94. The number of fused-ring (bicyclic) bond motifs is 1. The molecule has 0 bridgehead atoms. The highest BCUT2D eigenvalue weighted by Crippen LogP contribution is 2.26. The molecule has 3 rings (SSSR count). The summed E-state index contributed by atoms with van der Waals surface area (Å²) in [5, 5.41) is 8.48. The van der Waals surface area contributed by atoms with Crippen LogP contribution in [0, 0.1) is 0 Å². The van der Waals surface area contributed by atoms with Gasteiger partial charge in [-0.1, -0.05) is 6.07 Å². The van der Waals surface area contributed by atoms with Gasteiger partial charge >= 0.3 is 11.9 Å². The Morgan fingerprint density at radius 1 is 1.42 bits per heavy atom. The summed E-state index contributed by atoms with van der Waals surface area (Å²) >= 11 is 0. The van der Waals surface area contributed by atoms with Gasteiger partial charge in [-0.05, 0) is 24.6 Å². The van der Waals surface area contributed by atoms with Gasteiger partial charge in [0.25, 0.3) is 5.82 Å². The average Bonchev–Trinajstić information content (AvgIpc) is 3.11. The number of benzene rings is 1. The molecule has 0 aliphatic rings. The fraction of sp³-hybridized carbons (Fsp3) is 0.357. The molecular formula is C14H14F3N5O2. The fourth-order valence-corrected chi connectivity index (χ4v) is 2.25. The van der Waals surface area contributed by atoms with Crippen LogP contribution in [-0.2, 0) is 19.8 Å². The Labute approximate surface area is 133 Å². The molecule has 2 heterocycles. The van der Waals surface area contributed by atoms with Gasteiger partial charge in [0.1, 0.15) is 5.82 Å². The van der Waals surface area contributed by atoms with Crippen LogP contribution in [0.5, 0.6) is 0 Å². The summed E-state index contributed by atoms with van der Waals surface area (Å²) in [7, 11) is 1.61. The second-order valence-corrected chi connectivity index (χ2v) is 5.37. The summed E-state index contributed by atoms with van der Waals surface area (Å²) in [4.78, 5) is 14.9. The molecule has 3 aromatic rings. The average molecular weight is 341 g/mol. The molecule has 0 aliphatic carbocycles. The summed E-state index contributed by atoms with van der Waals surface area (Å²) in [6, 6.07) is 4.79. The van der Waals surface area contributed by atoms with Gasteiger partial charge in [-0.25, -0.2) is 9.78 Å². The third kappa shape index (κ3) is 3.04. The van der Waals surface area contributed by atoms with Crippen molar-refractivity contribution in [2.75, 3.05) is 0 Å². The second kappa shape index (κ2) is 5.78. The maximum Gasteiger partial charge on any atom is 0.453 e. The van der Waals surface area contributed by atoms with Crippen LogP contribution >= 0.6 is 0 Å². The Hall–Kier alpha value is -2.62. The van der Waals surface area contributed by atoms with Crippen molar-refractivity contribution in [2.24, 2.45) is 7.05 Å². The Morgan fingerprint density at radius 2 is 2.17 bits per heavy atom. The Kier molecular flexibility index (Phi) is 3.91. The first-order valence-electron chi connectivity index (χ1n) is 7.07. The normalized spacial score (nSPS) is 13.5. The van der Waals surface area contributed by atoms with E-state index in [0.29, 0.717) is 17.6 Å². The molecule has 24 heavy (non-hydrogen) atoms. The fourth-order valence-electron chi connectivity index (χ4n) is 2.25. The number of rotatable bonds is 4. The molecule has 7 nitrogen and oxygen atoms in total. The number of aryl methyl sites for hydroxylation is 1. The standard InChI is InChI=1S/C14H14F3N5O2/c1-7(11-19-12(21-20-11)14(15,16)17)18-6-8-3-4-9-10(5-8)24-13(23)22(9)2/h3-5,7,18H,6H2,1-2H3,(H,19,20,21). The Morgan fingerprint density at radius 3 is 2.83 bits per heavy atom. The van der Waals surface area contributed by atoms with E-state index in [1.807, 2.05) is 0 Å². The van der Waals surface area contributed by atoms with Crippen molar-refractivity contribution >= 4 is 11.1 Å². The monoisotopic (exact) mass is 341 g/mol. The number of halogens is 3. The van der Waals surface area contributed by atoms with E-state index in [9.17, 15) is 18.0 Å². The van der Waals surface area contributed by atoms with Crippen LogP contribution in [0.25, 0.3) is 11.1 Å². The number of aromatic nitrogens is 4. The zero-order valence-corrected chi connectivity index (χ0v) is 12.8. The van der Waals surface area contributed by atoms with E-state index < -0.39 is 23.8 Å². The molecule has 10 heteroatoms. The maximum absolute atomic E-state index is 12.5. The molecule has 128 valence electrons. The van der Waals surface area contributed by atoms with Gasteiger partial charge < -0.3 is 9.73 Å². The molecule has 1 unspecified atom stereocenters. The molecule has 0 aliphatic heterocycles. The third-order valence-electron chi connectivity index (χ3n) is 3.64. The van der Waals surface area contributed by atoms with Crippen molar-refractivity contribution in [3.05, 3.63) is 46.0 Å². The van der Waals surface area contributed by atoms with Crippen molar-refractivity contribution in [1.29, 1.82) is 0 Å². The molecule has 0 spiro atoms. The van der Waals surface area contributed by atoms with Crippen LogP contribution in [0.1, 0.15) is 30.2 Å². The van der Waals surface area contributed by atoms with E-state index in [1.54, 1.807) is 32.2 Å². The lowest BCUT2D eigenvalue weighted by Crippen LogP contribution is -2.19. The third-order valence-corrected chi connectivity index (χ3v) is 3.64. The molecule has 0 saturated carbocycles. The van der Waals surface area contributed by atoms with Crippen molar-refractivity contribution < 1.29 is 17.6 Å². The molecular weight excluding hydrogens is 327 g/mol. The highest BCUT2D eigenvalue weighted by Gasteiger charge is 2.36. The Bertz CT molecular complexity index is 925. The summed E-state index contributed by atoms with van der Waals surface area (Å²) < 4.78 is 44.0. The lowest BCUT2D eigenvalue weighted by Gasteiger charge is -2.10. The lowest BCUT2D eigenvalue weighted by molar-refractivity contribution is -0.144. The molecule has 0 radical (unpaired) electrons. The number of nitrogens with zero attached hydrogens (tertiary/aromatic N) is 3. The summed E-state index contributed by atoms with van der Waals surface area (Å²) in [5.74, 6) is -1.56. The number of nitrogens with one attached hydrogen (secondary N) is 2. The molecule has 2 N–H and O–H groups in total. The number of H-pyrrole nitrogens is 1. The van der Waals surface area contributed by atoms with E-state index in [0.717, 1.165) is 5.56 Å². The van der Waals surface area contributed by atoms with Crippen molar-refractivity contribution in [1.82, 2.24) is 25.1 Å². The zero-order chi connectivity index (χ0) is 17.5. The van der Waals surface area contributed by atoms with Crippen LogP contribution in [0.3, 0.4) is 0 Å².